The average Bonchev–Trinajstić information content (AvgIpc) is 2.59. The Morgan fingerprint density at radius 3 is 2.73 bits per heavy atom. The second-order valence-electron chi connectivity index (χ2n) is 3.14. The van der Waals surface area contributed by atoms with Gasteiger partial charge in [0.15, 0.2) is 0 Å². The molecule has 0 N–H and O–H groups in total. The zero-order chi connectivity index (χ0) is 10.8. The molecule has 0 unspecified atom stereocenters. The Labute approximate surface area is 92.5 Å². The molecule has 15 heavy (non-hydrogen) atoms. The Hall–Kier alpha value is -1.79. The van der Waals surface area contributed by atoms with E-state index < -0.39 is 0 Å². The fraction of sp³-hybridized carbons (Fsp3) is 0.0909. The standard InChI is InChI=1S/C11H8ClN3/c1-8-10(12)7-15(14-8)11-5-3-2-4-9(11)6-13/h2-5,7H,1H3. The van der Waals surface area contributed by atoms with Crippen molar-refractivity contribution in [2.24, 2.45) is 0 Å². The summed E-state index contributed by atoms with van der Waals surface area (Å²) in [5, 5.41) is 13.8. The van der Waals surface area contributed by atoms with Gasteiger partial charge >= 0.3 is 0 Å². The van der Waals surface area contributed by atoms with Crippen LogP contribution in [0.1, 0.15) is 11.3 Å². The lowest BCUT2D eigenvalue weighted by atomic mass is 10.2. The molecule has 0 aliphatic carbocycles. The molecular formula is C11H8ClN3. The highest BCUT2D eigenvalue weighted by Gasteiger charge is 2.07. The molecule has 1 heterocycles. The number of hydrogen-bond acceptors (Lipinski definition) is 2. The maximum absolute atomic E-state index is 8.93. The van der Waals surface area contributed by atoms with Crippen LogP contribution in [0, 0.1) is 18.3 Å². The van der Waals surface area contributed by atoms with Crippen molar-refractivity contribution in [2.45, 2.75) is 6.92 Å². The fourth-order valence-corrected chi connectivity index (χ4v) is 1.46. The van der Waals surface area contributed by atoms with Crippen LogP contribution in [0.2, 0.25) is 5.02 Å². The topological polar surface area (TPSA) is 41.6 Å². The van der Waals surface area contributed by atoms with Gasteiger partial charge in [0.25, 0.3) is 0 Å². The molecule has 0 saturated carbocycles. The summed E-state index contributed by atoms with van der Waals surface area (Å²) in [6.45, 7) is 1.83. The number of halogens is 1. The molecule has 0 atom stereocenters. The summed E-state index contributed by atoms with van der Waals surface area (Å²) in [4.78, 5) is 0. The van der Waals surface area contributed by atoms with Gasteiger partial charge in [-0.3, -0.25) is 0 Å². The molecule has 0 bridgehead atoms. The van der Waals surface area contributed by atoms with E-state index in [0.29, 0.717) is 10.6 Å². The number of nitrogens with zero attached hydrogens (tertiary/aromatic N) is 3. The zero-order valence-corrected chi connectivity index (χ0v) is 8.86. The minimum absolute atomic E-state index is 0.580. The molecule has 0 amide bonds. The molecule has 0 aliphatic heterocycles. The minimum Gasteiger partial charge on any atom is -0.238 e. The number of para-hydroxylation sites is 1. The van der Waals surface area contributed by atoms with Gasteiger partial charge < -0.3 is 0 Å². The van der Waals surface area contributed by atoms with Crippen molar-refractivity contribution < 1.29 is 0 Å². The van der Waals surface area contributed by atoms with E-state index in [2.05, 4.69) is 11.2 Å². The van der Waals surface area contributed by atoms with Gasteiger partial charge in [-0.25, -0.2) is 4.68 Å². The molecular weight excluding hydrogens is 210 g/mol. The van der Waals surface area contributed by atoms with Crippen molar-refractivity contribution in [1.82, 2.24) is 9.78 Å². The molecule has 2 rings (SSSR count). The van der Waals surface area contributed by atoms with E-state index in [1.807, 2.05) is 25.1 Å². The van der Waals surface area contributed by atoms with E-state index in [9.17, 15) is 0 Å². The molecule has 0 fully saturated rings. The van der Waals surface area contributed by atoms with E-state index in [1.54, 1.807) is 16.9 Å². The van der Waals surface area contributed by atoms with E-state index >= 15 is 0 Å². The summed E-state index contributed by atoms with van der Waals surface area (Å²) in [6, 6.07) is 9.39. The summed E-state index contributed by atoms with van der Waals surface area (Å²) >= 11 is 5.91. The van der Waals surface area contributed by atoms with Crippen LogP contribution < -0.4 is 0 Å². The van der Waals surface area contributed by atoms with Crippen molar-refractivity contribution >= 4 is 11.6 Å². The second kappa shape index (κ2) is 3.76. The molecule has 0 saturated heterocycles. The van der Waals surface area contributed by atoms with E-state index in [1.165, 1.54) is 0 Å². The van der Waals surface area contributed by atoms with Gasteiger partial charge in [-0.2, -0.15) is 10.4 Å². The summed E-state index contributed by atoms with van der Waals surface area (Å²) in [5.74, 6) is 0. The molecule has 2 aromatic rings. The Morgan fingerprint density at radius 1 is 1.40 bits per heavy atom. The molecule has 74 valence electrons. The molecule has 1 aromatic heterocycles. The average molecular weight is 218 g/mol. The fourth-order valence-electron chi connectivity index (χ4n) is 1.33. The molecule has 4 heteroatoms. The highest BCUT2D eigenvalue weighted by Crippen LogP contribution is 2.18. The van der Waals surface area contributed by atoms with Crippen LogP contribution in [0.5, 0.6) is 0 Å². The van der Waals surface area contributed by atoms with E-state index in [0.717, 1.165) is 11.4 Å². The van der Waals surface area contributed by atoms with Crippen molar-refractivity contribution in [3.63, 3.8) is 0 Å². The Kier molecular flexibility index (Phi) is 2.44. The van der Waals surface area contributed by atoms with Crippen LogP contribution in [0.25, 0.3) is 5.69 Å². The smallest absolute Gasteiger partial charge is 0.101 e. The van der Waals surface area contributed by atoms with Crippen LogP contribution in [0.15, 0.2) is 30.5 Å². The number of benzene rings is 1. The normalized spacial score (nSPS) is 9.93. The monoisotopic (exact) mass is 217 g/mol. The van der Waals surface area contributed by atoms with Gasteiger partial charge in [-0.05, 0) is 19.1 Å². The Balaban J connectivity index is 2.59. The molecule has 0 aliphatic rings. The second-order valence-corrected chi connectivity index (χ2v) is 3.54. The molecule has 3 nitrogen and oxygen atoms in total. The van der Waals surface area contributed by atoms with Gasteiger partial charge in [0, 0.05) is 6.20 Å². The van der Waals surface area contributed by atoms with Crippen molar-refractivity contribution in [1.29, 1.82) is 5.26 Å². The van der Waals surface area contributed by atoms with E-state index in [4.69, 9.17) is 16.9 Å². The predicted molar refractivity (Wildman–Crippen MR) is 58.0 cm³/mol. The minimum atomic E-state index is 0.580. The number of aryl methyl sites for hydroxylation is 1. The summed E-state index contributed by atoms with van der Waals surface area (Å²) in [7, 11) is 0. The largest absolute Gasteiger partial charge is 0.238 e. The maximum atomic E-state index is 8.93. The SMILES string of the molecule is Cc1nn(-c2ccccc2C#N)cc1Cl. The van der Waals surface area contributed by atoms with Crippen LogP contribution in [-0.4, -0.2) is 9.78 Å². The van der Waals surface area contributed by atoms with Gasteiger partial charge in [-0.1, -0.05) is 23.7 Å². The quantitative estimate of drug-likeness (QED) is 0.737. The Bertz CT molecular complexity index is 518. The van der Waals surface area contributed by atoms with Crippen molar-refractivity contribution in [3.8, 4) is 11.8 Å². The first-order valence-corrected chi connectivity index (χ1v) is 4.81. The van der Waals surface area contributed by atoms with Gasteiger partial charge in [-0.15, -0.1) is 0 Å². The maximum Gasteiger partial charge on any atom is 0.101 e. The van der Waals surface area contributed by atoms with Gasteiger partial charge in [0.05, 0.1) is 22.0 Å². The summed E-state index contributed by atoms with van der Waals surface area (Å²) in [6.07, 6.45) is 1.70. The molecule has 0 radical (unpaired) electrons. The highest BCUT2D eigenvalue weighted by molar-refractivity contribution is 6.31. The van der Waals surface area contributed by atoms with Crippen LogP contribution in [0.4, 0.5) is 0 Å². The third-order valence-corrected chi connectivity index (χ3v) is 2.48. The number of hydrogen-bond donors (Lipinski definition) is 0. The predicted octanol–water partition coefficient (Wildman–Crippen LogP) is 2.71. The summed E-state index contributed by atoms with van der Waals surface area (Å²) in [5.41, 5.74) is 2.08. The van der Waals surface area contributed by atoms with Gasteiger partial charge in [0.1, 0.15) is 6.07 Å². The first-order chi connectivity index (χ1) is 7.22. The molecule has 0 spiro atoms. The third kappa shape index (κ3) is 1.72. The zero-order valence-electron chi connectivity index (χ0n) is 8.11. The number of aromatic nitrogens is 2. The lowest BCUT2D eigenvalue weighted by molar-refractivity contribution is 0.860. The molecule has 1 aromatic carbocycles. The van der Waals surface area contributed by atoms with Gasteiger partial charge in [0.2, 0.25) is 0 Å². The first-order valence-electron chi connectivity index (χ1n) is 4.43. The number of nitriles is 1. The Morgan fingerprint density at radius 2 is 2.13 bits per heavy atom. The highest BCUT2D eigenvalue weighted by atomic mass is 35.5. The lowest BCUT2D eigenvalue weighted by Crippen LogP contribution is -1.97. The first kappa shape index (κ1) is 9.75. The van der Waals surface area contributed by atoms with Crippen molar-refractivity contribution in [2.75, 3.05) is 0 Å². The third-order valence-electron chi connectivity index (χ3n) is 2.11. The summed E-state index contributed by atoms with van der Waals surface area (Å²) < 4.78 is 1.62. The van der Waals surface area contributed by atoms with Crippen LogP contribution in [-0.2, 0) is 0 Å². The van der Waals surface area contributed by atoms with Crippen LogP contribution in [0.3, 0.4) is 0 Å². The van der Waals surface area contributed by atoms with Crippen LogP contribution >= 0.6 is 11.6 Å². The number of rotatable bonds is 1. The van der Waals surface area contributed by atoms with E-state index in [-0.39, 0.29) is 0 Å². The van der Waals surface area contributed by atoms with Crippen molar-refractivity contribution in [3.05, 3.63) is 46.7 Å². The lowest BCUT2D eigenvalue weighted by Gasteiger charge is -2.02.